The van der Waals surface area contributed by atoms with Gasteiger partial charge in [0.15, 0.2) is 0 Å². The molecule has 2 nitrogen and oxygen atoms in total. The average Bonchev–Trinajstić information content (AvgIpc) is 2.40. The van der Waals surface area contributed by atoms with Gasteiger partial charge in [0.1, 0.15) is 0 Å². The normalized spacial score (nSPS) is 23.5. The standard InChI is InChI=1S/C14H22N2S/c1-12(17-2)10-16-9-8-15-14(11-16)13-6-4-3-5-7-13/h3-7,12,14-15H,8-11H2,1-2H3. The van der Waals surface area contributed by atoms with E-state index in [0.717, 1.165) is 18.3 Å². The Morgan fingerprint density at radius 1 is 1.41 bits per heavy atom. The molecule has 2 unspecified atom stereocenters. The SMILES string of the molecule is CSC(C)CN1CCNC(c2ccccc2)C1. The van der Waals surface area contributed by atoms with Crippen molar-refractivity contribution in [3.05, 3.63) is 35.9 Å². The summed E-state index contributed by atoms with van der Waals surface area (Å²) in [4.78, 5) is 2.58. The molecular weight excluding hydrogens is 228 g/mol. The van der Waals surface area contributed by atoms with E-state index in [2.05, 4.69) is 53.7 Å². The van der Waals surface area contributed by atoms with E-state index < -0.39 is 0 Å². The van der Waals surface area contributed by atoms with Crippen LogP contribution < -0.4 is 5.32 Å². The van der Waals surface area contributed by atoms with E-state index in [9.17, 15) is 0 Å². The zero-order valence-corrected chi connectivity index (χ0v) is 11.5. The van der Waals surface area contributed by atoms with Crippen molar-refractivity contribution in [2.75, 3.05) is 32.4 Å². The van der Waals surface area contributed by atoms with Gasteiger partial charge in [-0.25, -0.2) is 0 Å². The minimum Gasteiger partial charge on any atom is -0.308 e. The number of benzene rings is 1. The summed E-state index contributed by atoms with van der Waals surface area (Å²) in [5, 5.41) is 4.33. The third-order valence-corrected chi connectivity index (χ3v) is 4.33. The van der Waals surface area contributed by atoms with Crippen LogP contribution in [0.5, 0.6) is 0 Å². The Morgan fingerprint density at radius 3 is 2.88 bits per heavy atom. The zero-order chi connectivity index (χ0) is 12.1. The molecule has 1 aromatic rings. The molecule has 0 spiro atoms. The number of hydrogen-bond acceptors (Lipinski definition) is 3. The van der Waals surface area contributed by atoms with Crippen LogP contribution in [0.15, 0.2) is 30.3 Å². The fourth-order valence-electron chi connectivity index (χ4n) is 2.32. The second-order valence-electron chi connectivity index (χ2n) is 4.72. The lowest BCUT2D eigenvalue weighted by atomic mass is 10.0. The first kappa shape index (κ1) is 12.9. The summed E-state index contributed by atoms with van der Waals surface area (Å²) in [6.45, 7) is 6.92. The predicted octanol–water partition coefficient (Wildman–Crippen LogP) is 2.38. The summed E-state index contributed by atoms with van der Waals surface area (Å²) in [5.74, 6) is 0. The Morgan fingerprint density at radius 2 is 2.18 bits per heavy atom. The molecule has 0 amide bonds. The molecule has 2 atom stereocenters. The Bertz CT molecular complexity index is 328. The third-order valence-electron chi connectivity index (χ3n) is 3.38. The molecule has 1 saturated heterocycles. The van der Waals surface area contributed by atoms with Gasteiger partial charge in [-0.05, 0) is 11.8 Å². The van der Waals surface area contributed by atoms with Crippen LogP contribution in [0.25, 0.3) is 0 Å². The molecule has 1 aromatic carbocycles. The van der Waals surface area contributed by atoms with Crippen molar-refractivity contribution < 1.29 is 0 Å². The lowest BCUT2D eigenvalue weighted by molar-refractivity contribution is 0.203. The number of nitrogens with one attached hydrogen (secondary N) is 1. The van der Waals surface area contributed by atoms with Crippen LogP contribution in [0.4, 0.5) is 0 Å². The van der Waals surface area contributed by atoms with E-state index in [0.29, 0.717) is 6.04 Å². The van der Waals surface area contributed by atoms with Crippen LogP contribution in [0.3, 0.4) is 0 Å². The highest BCUT2D eigenvalue weighted by atomic mass is 32.2. The van der Waals surface area contributed by atoms with Crippen molar-refractivity contribution in [1.82, 2.24) is 10.2 Å². The molecule has 94 valence electrons. The van der Waals surface area contributed by atoms with Crippen LogP contribution in [0, 0.1) is 0 Å². The quantitative estimate of drug-likeness (QED) is 0.883. The van der Waals surface area contributed by atoms with Crippen molar-refractivity contribution in [2.45, 2.75) is 18.2 Å². The summed E-state index contributed by atoms with van der Waals surface area (Å²) >= 11 is 1.95. The fourth-order valence-corrected chi connectivity index (χ4v) is 2.68. The van der Waals surface area contributed by atoms with Crippen molar-refractivity contribution in [2.24, 2.45) is 0 Å². The molecule has 0 bridgehead atoms. The van der Waals surface area contributed by atoms with Crippen LogP contribution >= 0.6 is 11.8 Å². The molecule has 0 saturated carbocycles. The third kappa shape index (κ3) is 3.73. The number of thioether (sulfide) groups is 1. The number of hydrogen-bond donors (Lipinski definition) is 1. The number of rotatable bonds is 4. The molecule has 0 aromatic heterocycles. The van der Waals surface area contributed by atoms with E-state index in [1.165, 1.54) is 18.7 Å². The summed E-state index contributed by atoms with van der Waals surface area (Å²) in [5.41, 5.74) is 1.41. The van der Waals surface area contributed by atoms with Gasteiger partial charge in [-0.1, -0.05) is 37.3 Å². The molecule has 3 heteroatoms. The molecule has 1 N–H and O–H groups in total. The molecule has 0 radical (unpaired) electrons. The fraction of sp³-hybridized carbons (Fsp3) is 0.571. The van der Waals surface area contributed by atoms with Gasteiger partial charge >= 0.3 is 0 Å². The van der Waals surface area contributed by atoms with Crippen molar-refractivity contribution in [1.29, 1.82) is 0 Å². The summed E-state index contributed by atoms with van der Waals surface area (Å²) in [7, 11) is 0. The van der Waals surface area contributed by atoms with Crippen molar-refractivity contribution in [3.8, 4) is 0 Å². The van der Waals surface area contributed by atoms with E-state index in [1.54, 1.807) is 0 Å². The molecule has 1 heterocycles. The van der Waals surface area contributed by atoms with Crippen LogP contribution in [-0.4, -0.2) is 42.6 Å². The van der Waals surface area contributed by atoms with Gasteiger partial charge in [-0.3, -0.25) is 4.90 Å². The Hall–Kier alpha value is -0.510. The molecular formula is C14H22N2S. The van der Waals surface area contributed by atoms with E-state index in [-0.39, 0.29) is 0 Å². The summed E-state index contributed by atoms with van der Waals surface area (Å²) in [6, 6.07) is 11.3. The maximum atomic E-state index is 3.61. The highest BCUT2D eigenvalue weighted by Gasteiger charge is 2.21. The number of piperazine rings is 1. The Balaban J connectivity index is 1.93. The van der Waals surface area contributed by atoms with E-state index >= 15 is 0 Å². The van der Waals surface area contributed by atoms with Gasteiger partial charge in [-0.15, -0.1) is 0 Å². The molecule has 1 fully saturated rings. The first-order chi connectivity index (χ1) is 8.29. The second kappa shape index (κ2) is 6.43. The van der Waals surface area contributed by atoms with Gasteiger partial charge in [0.2, 0.25) is 0 Å². The van der Waals surface area contributed by atoms with Crippen molar-refractivity contribution in [3.63, 3.8) is 0 Å². The van der Waals surface area contributed by atoms with Gasteiger partial charge < -0.3 is 5.32 Å². The highest BCUT2D eigenvalue weighted by Crippen LogP contribution is 2.18. The molecule has 0 aliphatic carbocycles. The van der Waals surface area contributed by atoms with Crippen LogP contribution in [-0.2, 0) is 0 Å². The Kier molecular flexibility index (Phi) is 4.89. The molecule has 17 heavy (non-hydrogen) atoms. The lowest BCUT2D eigenvalue weighted by Crippen LogP contribution is -2.47. The van der Waals surface area contributed by atoms with E-state index in [4.69, 9.17) is 0 Å². The molecule has 2 rings (SSSR count). The van der Waals surface area contributed by atoms with Gasteiger partial charge in [0.05, 0.1) is 0 Å². The first-order valence-electron chi connectivity index (χ1n) is 6.33. The molecule has 1 aliphatic heterocycles. The van der Waals surface area contributed by atoms with Crippen LogP contribution in [0.2, 0.25) is 0 Å². The van der Waals surface area contributed by atoms with Crippen LogP contribution in [0.1, 0.15) is 18.5 Å². The highest BCUT2D eigenvalue weighted by molar-refractivity contribution is 7.99. The maximum Gasteiger partial charge on any atom is 0.0449 e. The van der Waals surface area contributed by atoms with Gasteiger partial charge in [0, 0.05) is 37.5 Å². The summed E-state index contributed by atoms with van der Waals surface area (Å²) < 4.78 is 0. The lowest BCUT2D eigenvalue weighted by Gasteiger charge is -2.35. The largest absolute Gasteiger partial charge is 0.308 e. The molecule has 1 aliphatic rings. The first-order valence-corrected chi connectivity index (χ1v) is 7.62. The topological polar surface area (TPSA) is 15.3 Å². The van der Waals surface area contributed by atoms with E-state index in [1.807, 2.05) is 11.8 Å². The minimum atomic E-state index is 0.499. The smallest absolute Gasteiger partial charge is 0.0449 e. The number of nitrogens with zero attached hydrogens (tertiary/aromatic N) is 1. The summed E-state index contributed by atoms with van der Waals surface area (Å²) in [6.07, 6.45) is 2.20. The monoisotopic (exact) mass is 250 g/mol. The second-order valence-corrected chi connectivity index (χ2v) is 6.00. The zero-order valence-electron chi connectivity index (χ0n) is 10.7. The van der Waals surface area contributed by atoms with Gasteiger partial charge in [-0.2, -0.15) is 11.8 Å². The maximum absolute atomic E-state index is 3.61. The van der Waals surface area contributed by atoms with Gasteiger partial charge in [0.25, 0.3) is 0 Å². The Labute approximate surface area is 109 Å². The predicted molar refractivity (Wildman–Crippen MR) is 76.6 cm³/mol. The van der Waals surface area contributed by atoms with Crippen molar-refractivity contribution >= 4 is 11.8 Å². The average molecular weight is 250 g/mol. The minimum absolute atomic E-state index is 0.499.